The van der Waals surface area contributed by atoms with Crippen molar-refractivity contribution in [2.45, 2.75) is 19.3 Å². The van der Waals surface area contributed by atoms with Gasteiger partial charge in [0.2, 0.25) is 0 Å². The van der Waals surface area contributed by atoms with Gasteiger partial charge in [0.25, 0.3) is 0 Å². The molecule has 152 valence electrons. The van der Waals surface area contributed by atoms with E-state index in [9.17, 15) is 13.5 Å². The molecule has 0 aromatic heterocycles. The maximum atomic E-state index is 11.6. The first-order chi connectivity index (χ1) is 13.9. The number of hydrogen-bond acceptors (Lipinski definition) is 5. The topological polar surface area (TPSA) is 72.8 Å². The third-order valence-electron chi connectivity index (χ3n) is 4.24. The summed E-state index contributed by atoms with van der Waals surface area (Å²) in [5.74, 6) is 0.636. The smallest absolute Gasteiger partial charge is 0.150 e. The van der Waals surface area contributed by atoms with Crippen LogP contribution in [0.4, 0.5) is 0 Å². The minimum atomic E-state index is -3.34. The summed E-state index contributed by atoms with van der Waals surface area (Å²) in [5.41, 5.74) is 2.44. The van der Waals surface area contributed by atoms with Gasteiger partial charge in [0.15, 0.2) is 0 Å². The zero-order valence-electron chi connectivity index (χ0n) is 16.2. The van der Waals surface area contributed by atoms with E-state index in [1.807, 2.05) is 60.7 Å². The SMILES string of the molecule is CS(=O)(=O)CC(O)c1cc(OCc2ccccc2)cc(OCc2ccccc2)c1. The van der Waals surface area contributed by atoms with E-state index in [-0.39, 0.29) is 5.75 Å². The van der Waals surface area contributed by atoms with Gasteiger partial charge in [0.1, 0.15) is 34.6 Å². The lowest BCUT2D eigenvalue weighted by Crippen LogP contribution is -2.13. The number of ether oxygens (including phenoxy) is 2. The van der Waals surface area contributed by atoms with Gasteiger partial charge in [-0.1, -0.05) is 60.7 Å². The van der Waals surface area contributed by atoms with Gasteiger partial charge in [-0.25, -0.2) is 8.42 Å². The summed E-state index contributed by atoms with van der Waals surface area (Å²) in [5, 5.41) is 10.4. The molecule has 0 fully saturated rings. The Morgan fingerprint density at radius 1 is 0.793 bits per heavy atom. The molecule has 0 aliphatic heterocycles. The van der Waals surface area contributed by atoms with Crippen molar-refractivity contribution in [2.75, 3.05) is 12.0 Å². The van der Waals surface area contributed by atoms with Gasteiger partial charge >= 0.3 is 0 Å². The van der Waals surface area contributed by atoms with Gasteiger partial charge in [0.05, 0.1) is 11.9 Å². The molecule has 0 bridgehead atoms. The molecule has 0 aliphatic rings. The molecule has 0 radical (unpaired) electrons. The van der Waals surface area contributed by atoms with Crippen molar-refractivity contribution in [1.29, 1.82) is 0 Å². The zero-order chi connectivity index (χ0) is 20.7. The molecular weight excluding hydrogens is 388 g/mol. The lowest BCUT2D eigenvalue weighted by atomic mass is 10.1. The Hall–Kier alpha value is -2.83. The van der Waals surface area contributed by atoms with Crippen LogP contribution >= 0.6 is 0 Å². The van der Waals surface area contributed by atoms with Crippen LogP contribution < -0.4 is 9.47 Å². The molecule has 0 aliphatic carbocycles. The lowest BCUT2D eigenvalue weighted by Gasteiger charge is -2.15. The zero-order valence-corrected chi connectivity index (χ0v) is 17.0. The van der Waals surface area contributed by atoms with Crippen LogP contribution in [-0.2, 0) is 23.1 Å². The summed E-state index contributed by atoms with van der Waals surface area (Å²) < 4.78 is 34.9. The number of benzene rings is 3. The Labute approximate surface area is 171 Å². The highest BCUT2D eigenvalue weighted by Gasteiger charge is 2.17. The molecule has 1 unspecified atom stereocenters. The first kappa shape index (κ1) is 20.9. The van der Waals surface area contributed by atoms with Crippen molar-refractivity contribution >= 4 is 9.84 Å². The molecule has 0 saturated heterocycles. The monoisotopic (exact) mass is 412 g/mol. The largest absolute Gasteiger partial charge is 0.489 e. The van der Waals surface area contributed by atoms with Crippen molar-refractivity contribution in [1.82, 2.24) is 0 Å². The fourth-order valence-corrected chi connectivity index (χ4v) is 3.58. The highest BCUT2D eigenvalue weighted by Crippen LogP contribution is 2.28. The fourth-order valence-electron chi connectivity index (χ4n) is 2.82. The van der Waals surface area contributed by atoms with E-state index in [2.05, 4.69) is 0 Å². The standard InChI is InChI=1S/C23H24O5S/c1-29(25,26)17-23(24)20-12-21(27-15-18-8-4-2-5-9-18)14-22(13-20)28-16-19-10-6-3-7-11-19/h2-14,23-24H,15-17H2,1H3. The molecule has 0 spiro atoms. The maximum Gasteiger partial charge on any atom is 0.150 e. The summed E-state index contributed by atoms with van der Waals surface area (Å²) in [6, 6.07) is 24.4. The number of aliphatic hydroxyl groups excluding tert-OH is 1. The summed E-state index contributed by atoms with van der Waals surface area (Å²) in [6.45, 7) is 0.704. The molecule has 5 nitrogen and oxygen atoms in total. The van der Waals surface area contributed by atoms with E-state index in [4.69, 9.17) is 9.47 Å². The van der Waals surface area contributed by atoms with Gasteiger partial charge in [-0.3, -0.25) is 0 Å². The van der Waals surface area contributed by atoms with Gasteiger partial charge in [-0.05, 0) is 28.8 Å². The molecule has 3 rings (SSSR count). The highest BCUT2D eigenvalue weighted by atomic mass is 32.2. The first-order valence-corrected chi connectivity index (χ1v) is 11.3. The normalized spacial score (nSPS) is 12.3. The molecule has 29 heavy (non-hydrogen) atoms. The van der Waals surface area contributed by atoms with Crippen LogP contribution in [-0.4, -0.2) is 25.5 Å². The highest BCUT2D eigenvalue weighted by molar-refractivity contribution is 7.90. The molecule has 3 aromatic rings. The molecular formula is C23H24O5S. The van der Waals surface area contributed by atoms with Crippen LogP contribution in [0.15, 0.2) is 78.9 Å². The van der Waals surface area contributed by atoms with E-state index in [1.54, 1.807) is 18.2 Å². The average Bonchev–Trinajstić information content (AvgIpc) is 2.71. The van der Waals surface area contributed by atoms with Gasteiger partial charge in [-0.15, -0.1) is 0 Å². The Bertz CT molecular complexity index is 956. The molecule has 3 aromatic carbocycles. The van der Waals surface area contributed by atoms with E-state index in [0.29, 0.717) is 30.3 Å². The number of aliphatic hydroxyl groups is 1. The molecule has 0 heterocycles. The van der Waals surface area contributed by atoms with Crippen molar-refractivity contribution < 1.29 is 23.0 Å². The van der Waals surface area contributed by atoms with Crippen LogP contribution in [0.5, 0.6) is 11.5 Å². The molecule has 0 amide bonds. The minimum absolute atomic E-state index is 0.352. The Morgan fingerprint density at radius 2 is 1.24 bits per heavy atom. The van der Waals surface area contributed by atoms with Crippen molar-refractivity contribution in [3.8, 4) is 11.5 Å². The molecule has 1 atom stereocenters. The van der Waals surface area contributed by atoms with E-state index < -0.39 is 15.9 Å². The van der Waals surface area contributed by atoms with Crippen molar-refractivity contribution in [3.63, 3.8) is 0 Å². The van der Waals surface area contributed by atoms with Crippen LogP contribution in [0.1, 0.15) is 22.8 Å². The summed E-state index contributed by atoms with van der Waals surface area (Å²) in [6.07, 6.45) is -0.0666. The van der Waals surface area contributed by atoms with Gasteiger partial charge < -0.3 is 14.6 Å². The molecule has 6 heteroatoms. The second-order valence-corrected chi connectivity index (χ2v) is 9.08. The van der Waals surface area contributed by atoms with Crippen molar-refractivity contribution in [3.05, 3.63) is 95.6 Å². The molecule has 0 saturated carbocycles. The first-order valence-electron chi connectivity index (χ1n) is 9.23. The van der Waals surface area contributed by atoms with Crippen LogP contribution in [0.3, 0.4) is 0 Å². The predicted molar refractivity (Wildman–Crippen MR) is 113 cm³/mol. The quantitative estimate of drug-likeness (QED) is 0.577. The van der Waals surface area contributed by atoms with Gasteiger partial charge in [-0.2, -0.15) is 0 Å². The fraction of sp³-hybridized carbons (Fsp3) is 0.217. The molecule has 1 N–H and O–H groups in total. The second kappa shape index (κ2) is 9.58. The van der Waals surface area contributed by atoms with Gasteiger partial charge in [0, 0.05) is 12.3 Å². The number of rotatable bonds is 9. The summed E-state index contributed by atoms with van der Waals surface area (Å²) in [7, 11) is -3.34. The predicted octanol–water partition coefficient (Wildman–Crippen LogP) is 3.92. The summed E-state index contributed by atoms with van der Waals surface area (Å²) >= 11 is 0. The van der Waals surface area contributed by atoms with E-state index in [1.165, 1.54) is 0 Å². The van der Waals surface area contributed by atoms with Crippen LogP contribution in [0.2, 0.25) is 0 Å². The Kier molecular flexibility index (Phi) is 6.90. The maximum absolute atomic E-state index is 11.6. The van der Waals surface area contributed by atoms with Crippen LogP contribution in [0.25, 0.3) is 0 Å². The number of hydrogen-bond donors (Lipinski definition) is 1. The van der Waals surface area contributed by atoms with E-state index in [0.717, 1.165) is 17.4 Å². The lowest BCUT2D eigenvalue weighted by molar-refractivity contribution is 0.199. The van der Waals surface area contributed by atoms with E-state index >= 15 is 0 Å². The third-order valence-corrected chi connectivity index (χ3v) is 5.17. The van der Waals surface area contributed by atoms with Crippen LogP contribution in [0, 0.1) is 0 Å². The second-order valence-electron chi connectivity index (χ2n) is 6.89. The Balaban J connectivity index is 1.80. The number of sulfone groups is 1. The minimum Gasteiger partial charge on any atom is -0.489 e. The van der Waals surface area contributed by atoms with Crippen molar-refractivity contribution in [2.24, 2.45) is 0 Å². The average molecular weight is 413 g/mol. The summed E-state index contributed by atoms with van der Waals surface area (Å²) in [4.78, 5) is 0. The third kappa shape index (κ3) is 6.93. The Morgan fingerprint density at radius 3 is 1.66 bits per heavy atom.